The van der Waals surface area contributed by atoms with E-state index in [9.17, 15) is 9.59 Å². The first-order valence-corrected chi connectivity index (χ1v) is 8.99. The van der Waals surface area contributed by atoms with Gasteiger partial charge >= 0.3 is 0 Å². The van der Waals surface area contributed by atoms with Gasteiger partial charge < -0.3 is 19.7 Å². The number of methoxy groups -OCH3 is 1. The van der Waals surface area contributed by atoms with Gasteiger partial charge in [0.25, 0.3) is 5.91 Å². The van der Waals surface area contributed by atoms with Crippen LogP contribution < -0.4 is 10.1 Å². The molecule has 2 amide bonds. The predicted octanol–water partition coefficient (Wildman–Crippen LogP) is 2.41. The van der Waals surface area contributed by atoms with Gasteiger partial charge in [-0.25, -0.2) is 0 Å². The maximum absolute atomic E-state index is 12.8. The minimum absolute atomic E-state index is 0.123. The lowest BCUT2D eigenvalue weighted by Gasteiger charge is -2.34. The topological polar surface area (TPSA) is 67.9 Å². The molecule has 6 heteroatoms. The monoisotopic (exact) mass is 368 g/mol. The molecule has 1 N–H and O–H groups in total. The van der Waals surface area contributed by atoms with Gasteiger partial charge in [-0.3, -0.25) is 9.59 Å². The molecule has 2 aromatic carbocycles. The number of amides is 2. The largest absolute Gasteiger partial charge is 0.496 e. The second kappa shape index (κ2) is 8.68. The summed E-state index contributed by atoms with van der Waals surface area (Å²) < 4.78 is 11.0. The Kier molecular flexibility index (Phi) is 6.08. The van der Waals surface area contributed by atoms with Crippen LogP contribution in [-0.4, -0.2) is 49.6 Å². The molecule has 27 heavy (non-hydrogen) atoms. The van der Waals surface area contributed by atoms with Crippen LogP contribution in [-0.2, 0) is 9.53 Å². The first kappa shape index (κ1) is 18.9. The number of ether oxygens (including phenoxy) is 2. The molecule has 2 atom stereocenters. The van der Waals surface area contributed by atoms with E-state index in [2.05, 4.69) is 5.32 Å². The van der Waals surface area contributed by atoms with Crippen molar-refractivity contribution in [2.75, 3.05) is 26.8 Å². The smallest absolute Gasteiger partial charge is 0.255 e. The Hall–Kier alpha value is -2.86. The Labute approximate surface area is 159 Å². The number of hydrogen-bond donors (Lipinski definition) is 1. The Morgan fingerprint density at radius 3 is 2.59 bits per heavy atom. The Morgan fingerprint density at radius 2 is 1.85 bits per heavy atom. The van der Waals surface area contributed by atoms with Crippen molar-refractivity contribution < 1.29 is 19.1 Å². The van der Waals surface area contributed by atoms with Crippen LogP contribution in [0.2, 0.25) is 0 Å². The first-order valence-electron chi connectivity index (χ1n) is 8.99. The van der Waals surface area contributed by atoms with Crippen LogP contribution in [0.25, 0.3) is 0 Å². The van der Waals surface area contributed by atoms with Crippen molar-refractivity contribution in [2.24, 2.45) is 0 Å². The zero-order valence-corrected chi connectivity index (χ0v) is 15.6. The van der Waals surface area contributed by atoms with Crippen molar-refractivity contribution >= 4 is 11.8 Å². The normalized spacial score (nSPS) is 17.9. The zero-order valence-electron chi connectivity index (χ0n) is 15.6. The van der Waals surface area contributed by atoms with E-state index in [4.69, 9.17) is 9.47 Å². The number of carbonyl (C=O) groups excluding carboxylic acids is 2. The fourth-order valence-electron chi connectivity index (χ4n) is 3.16. The molecular formula is C21H24N2O4. The fraction of sp³-hybridized carbons (Fsp3) is 0.333. The summed E-state index contributed by atoms with van der Waals surface area (Å²) >= 11 is 0. The van der Waals surface area contributed by atoms with E-state index in [0.717, 1.165) is 5.56 Å². The summed E-state index contributed by atoms with van der Waals surface area (Å²) in [6.45, 7) is 3.15. The SMILES string of the molecule is COc1ccccc1C(=O)N[C@H](C)C(=O)N1CCOC(c2ccccc2)C1. The van der Waals surface area contributed by atoms with Gasteiger partial charge in [-0.2, -0.15) is 0 Å². The van der Waals surface area contributed by atoms with Crippen LogP contribution in [0.3, 0.4) is 0 Å². The van der Waals surface area contributed by atoms with Crippen LogP contribution in [0, 0.1) is 0 Å². The van der Waals surface area contributed by atoms with E-state index < -0.39 is 6.04 Å². The molecule has 2 aromatic rings. The van der Waals surface area contributed by atoms with Gasteiger partial charge in [0.2, 0.25) is 5.91 Å². The van der Waals surface area contributed by atoms with Gasteiger partial charge in [0, 0.05) is 6.54 Å². The van der Waals surface area contributed by atoms with E-state index in [-0.39, 0.29) is 17.9 Å². The van der Waals surface area contributed by atoms with E-state index >= 15 is 0 Å². The predicted molar refractivity (Wildman–Crippen MR) is 102 cm³/mol. The summed E-state index contributed by atoms with van der Waals surface area (Å²) in [6, 6.07) is 16.1. The molecule has 1 saturated heterocycles. The summed E-state index contributed by atoms with van der Waals surface area (Å²) in [4.78, 5) is 27.1. The highest BCUT2D eigenvalue weighted by atomic mass is 16.5. The molecule has 6 nitrogen and oxygen atoms in total. The molecular weight excluding hydrogens is 344 g/mol. The average molecular weight is 368 g/mol. The van der Waals surface area contributed by atoms with Gasteiger partial charge in [0.05, 0.1) is 25.8 Å². The summed E-state index contributed by atoms with van der Waals surface area (Å²) in [7, 11) is 1.51. The summed E-state index contributed by atoms with van der Waals surface area (Å²) in [6.07, 6.45) is -0.152. The average Bonchev–Trinajstić information content (AvgIpc) is 2.73. The van der Waals surface area contributed by atoms with Gasteiger partial charge in [0.15, 0.2) is 0 Å². The van der Waals surface area contributed by atoms with Gasteiger partial charge in [-0.1, -0.05) is 42.5 Å². The van der Waals surface area contributed by atoms with Crippen LogP contribution in [0.4, 0.5) is 0 Å². The van der Waals surface area contributed by atoms with Crippen molar-refractivity contribution in [3.05, 3.63) is 65.7 Å². The molecule has 3 rings (SSSR count). The molecule has 0 spiro atoms. The Bertz CT molecular complexity index is 794. The van der Waals surface area contributed by atoms with Crippen molar-refractivity contribution in [3.8, 4) is 5.75 Å². The number of hydrogen-bond acceptors (Lipinski definition) is 4. The van der Waals surface area contributed by atoms with Crippen LogP contribution in [0.15, 0.2) is 54.6 Å². The molecule has 1 aliphatic heterocycles. The van der Waals surface area contributed by atoms with Crippen molar-refractivity contribution in [1.82, 2.24) is 10.2 Å². The van der Waals surface area contributed by atoms with E-state index in [1.807, 2.05) is 30.3 Å². The summed E-state index contributed by atoms with van der Waals surface area (Å²) in [5.41, 5.74) is 1.45. The van der Waals surface area contributed by atoms with E-state index in [0.29, 0.717) is 31.0 Å². The molecule has 0 aliphatic carbocycles. The first-order chi connectivity index (χ1) is 13.1. The second-order valence-electron chi connectivity index (χ2n) is 6.45. The van der Waals surface area contributed by atoms with Crippen LogP contribution in [0.1, 0.15) is 28.9 Å². The maximum atomic E-state index is 12.8. The van der Waals surface area contributed by atoms with E-state index in [1.54, 1.807) is 36.1 Å². The summed E-state index contributed by atoms with van der Waals surface area (Å²) in [5, 5.41) is 2.77. The Balaban J connectivity index is 1.63. The highest BCUT2D eigenvalue weighted by Gasteiger charge is 2.29. The van der Waals surface area contributed by atoms with Crippen molar-refractivity contribution in [1.29, 1.82) is 0 Å². The molecule has 0 saturated carbocycles. The lowest BCUT2D eigenvalue weighted by atomic mass is 10.1. The second-order valence-corrected chi connectivity index (χ2v) is 6.45. The molecule has 1 unspecified atom stereocenters. The third-order valence-corrected chi connectivity index (χ3v) is 4.62. The van der Waals surface area contributed by atoms with Gasteiger partial charge in [-0.05, 0) is 24.6 Å². The molecule has 1 heterocycles. The lowest BCUT2D eigenvalue weighted by Crippen LogP contribution is -2.51. The minimum Gasteiger partial charge on any atom is -0.496 e. The zero-order chi connectivity index (χ0) is 19.2. The molecule has 142 valence electrons. The number of benzene rings is 2. The van der Waals surface area contributed by atoms with Gasteiger partial charge in [0.1, 0.15) is 17.9 Å². The molecule has 1 fully saturated rings. The Morgan fingerprint density at radius 1 is 1.15 bits per heavy atom. The third-order valence-electron chi connectivity index (χ3n) is 4.62. The number of morpholine rings is 1. The minimum atomic E-state index is -0.642. The number of carbonyl (C=O) groups is 2. The summed E-state index contributed by atoms with van der Waals surface area (Å²) in [5.74, 6) is 0.0220. The van der Waals surface area contributed by atoms with Gasteiger partial charge in [-0.15, -0.1) is 0 Å². The molecule has 0 radical (unpaired) electrons. The highest BCUT2D eigenvalue weighted by Crippen LogP contribution is 2.22. The molecule has 1 aliphatic rings. The number of nitrogens with one attached hydrogen (secondary N) is 1. The van der Waals surface area contributed by atoms with Crippen molar-refractivity contribution in [3.63, 3.8) is 0 Å². The van der Waals surface area contributed by atoms with Crippen molar-refractivity contribution in [2.45, 2.75) is 19.1 Å². The standard InChI is InChI=1S/C21H24N2O4/c1-15(22-20(24)17-10-6-7-11-18(17)26-2)21(25)23-12-13-27-19(14-23)16-8-4-3-5-9-16/h3-11,15,19H,12-14H2,1-2H3,(H,22,24)/t15-,19?/m1/s1. The fourth-order valence-corrected chi connectivity index (χ4v) is 3.16. The quantitative estimate of drug-likeness (QED) is 0.880. The number of nitrogens with zero attached hydrogens (tertiary/aromatic N) is 1. The van der Waals surface area contributed by atoms with Crippen LogP contribution in [0.5, 0.6) is 5.75 Å². The molecule has 0 bridgehead atoms. The number of rotatable bonds is 5. The highest BCUT2D eigenvalue weighted by molar-refractivity contribution is 5.99. The van der Waals surface area contributed by atoms with Crippen LogP contribution >= 0.6 is 0 Å². The third kappa shape index (κ3) is 4.46. The van der Waals surface area contributed by atoms with E-state index in [1.165, 1.54) is 7.11 Å². The lowest BCUT2D eigenvalue weighted by molar-refractivity contribution is -0.140. The maximum Gasteiger partial charge on any atom is 0.255 e. The molecule has 0 aromatic heterocycles. The number of para-hydroxylation sites is 1.